The van der Waals surface area contributed by atoms with Crippen LogP contribution in [0, 0.1) is 0 Å². The van der Waals surface area contributed by atoms with Gasteiger partial charge in [0.2, 0.25) is 0 Å². The fraction of sp³-hybridized carbons (Fsp3) is 0.0625. The molecule has 0 radical (unpaired) electrons. The van der Waals surface area contributed by atoms with E-state index in [1.165, 1.54) is 6.07 Å². The van der Waals surface area contributed by atoms with Crippen LogP contribution in [0.3, 0.4) is 0 Å². The Balaban J connectivity index is 2.28. The number of halogens is 1. The van der Waals surface area contributed by atoms with E-state index in [1.54, 1.807) is 25.3 Å². The van der Waals surface area contributed by atoms with Crippen molar-refractivity contribution >= 4 is 22.6 Å². The lowest BCUT2D eigenvalue weighted by molar-refractivity contribution is 0.415. The summed E-state index contributed by atoms with van der Waals surface area (Å²) in [4.78, 5) is 11.7. The number of ether oxygens (including phenoxy) is 1. The molecule has 20 heavy (non-hydrogen) atoms. The zero-order valence-corrected chi connectivity index (χ0v) is 11.5. The predicted octanol–water partition coefficient (Wildman–Crippen LogP) is 4.12. The normalized spacial score (nSPS) is 10.7. The van der Waals surface area contributed by atoms with Crippen LogP contribution in [-0.2, 0) is 0 Å². The van der Waals surface area contributed by atoms with Gasteiger partial charge in [0.25, 0.3) is 0 Å². The minimum atomic E-state index is -0.384. The van der Waals surface area contributed by atoms with Crippen molar-refractivity contribution in [3.05, 3.63) is 64.0 Å². The SMILES string of the molecule is COc1ccc(-c2cc(=O)oc3ccc(Cl)cc23)cc1. The molecule has 0 fully saturated rings. The van der Waals surface area contributed by atoms with Gasteiger partial charge in [0.05, 0.1) is 7.11 Å². The summed E-state index contributed by atoms with van der Waals surface area (Å²) in [6.45, 7) is 0. The third-order valence-corrected chi connectivity index (χ3v) is 3.34. The summed E-state index contributed by atoms with van der Waals surface area (Å²) >= 11 is 6.03. The second-order valence-corrected chi connectivity index (χ2v) is 4.78. The fourth-order valence-electron chi connectivity index (χ4n) is 2.14. The smallest absolute Gasteiger partial charge is 0.336 e. The molecule has 0 aliphatic heterocycles. The van der Waals surface area contributed by atoms with E-state index < -0.39 is 0 Å². The van der Waals surface area contributed by atoms with Crippen molar-refractivity contribution in [2.45, 2.75) is 0 Å². The standard InChI is InChI=1S/C16H11ClO3/c1-19-12-5-2-10(3-6-12)13-9-16(18)20-15-7-4-11(17)8-14(13)15/h2-9H,1H3. The number of hydrogen-bond acceptors (Lipinski definition) is 3. The van der Waals surface area contributed by atoms with Crippen molar-refractivity contribution in [2.75, 3.05) is 7.11 Å². The Kier molecular flexibility index (Phi) is 3.20. The average Bonchev–Trinajstić information content (AvgIpc) is 2.47. The highest BCUT2D eigenvalue weighted by atomic mass is 35.5. The molecule has 3 rings (SSSR count). The number of fused-ring (bicyclic) bond motifs is 1. The summed E-state index contributed by atoms with van der Waals surface area (Å²) < 4.78 is 10.3. The third-order valence-electron chi connectivity index (χ3n) is 3.11. The Labute approximate surface area is 120 Å². The van der Waals surface area contributed by atoms with Crippen LogP contribution >= 0.6 is 11.6 Å². The van der Waals surface area contributed by atoms with Crippen molar-refractivity contribution in [1.29, 1.82) is 0 Å². The highest BCUT2D eigenvalue weighted by Crippen LogP contribution is 2.30. The zero-order valence-electron chi connectivity index (χ0n) is 10.7. The number of hydrogen-bond donors (Lipinski definition) is 0. The molecule has 0 spiro atoms. The molecule has 100 valence electrons. The largest absolute Gasteiger partial charge is 0.497 e. The Hall–Kier alpha value is -2.26. The van der Waals surface area contributed by atoms with Gasteiger partial charge in [0.15, 0.2) is 0 Å². The Morgan fingerprint density at radius 1 is 1.05 bits per heavy atom. The summed E-state index contributed by atoms with van der Waals surface area (Å²) in [6, 6.07) is 14.2. The number of rotatable bonds is 2. The molecule has 3 nitrogen and oxygen atoms in total. The minimum Gasteiger partial charge on any atom is -0.497 e. The fourth-order valence-corrected chi connectivity index (χ4v) is 2.32. The Morgan fingerprint density at radius 3 is 2.50 bits per heavy atom. The molecule has 0 atom stereocenters. The molecular weight excluding hydrogens is 276 g/mol. The first-order valence-electron chi connectivity index (χ1n) is 6.05. The van der Waals surface area contributed by atoms with Gasteiger partial charge in [0, 0.05) is 16.5 Å². The van der Waals surface area contributed by atoms with Gasteiger partial charge in [-0.15, -0.1) is 0 Å². The van der Waals surface area contributed by atoms with Gasteiger partial charge in [-0.2, -0.15) is 0 Å². The van der Waals surface area contributed by atoms with E-state index >= 15 is 0 Å². The van der Waals surface area contributed by atoms with Gasteiger partial charge < -0.3 is 9.15 Å². The summed E-state index contributed by atoms with van der Waals surface area (Å²) in [7, 11) is 1.61. The lowest BCUT2D eigenvalue weighted by Gasteiger charge is -2.07. The summed E-state index contributed by atoms with van der Waals surface area (Å²) in [5.41, 5.74) is 1.84. The molecule has 3 aromatic rings. The second-order valence-electron chi connectivity index (χ2n) is 4.35. The van der Waals surface area contributed by atoms with Gasteiger partial charge in [-0.25, -0.2) is 4.79 Å². The first kappa shape index (κ1) is 12.8. The van der Waals surface area contributed by atoms with E-state index in [2.05, 4.69) is 0 Å². The van der Waals surface area contributed by atoms with Crippen LogP contribution in [0.5, 0.6) is 5.75 Å². The van der Waals surface area contributed by atoms with Crippen molar-refractivity contribution in [3.63, 3.8) is 0 Å². The maximum absolute atomic E-state index is 11.7. The maximum atomic E-state index is 11.7. The minimum absolute atomic E-state index is 0.384. The van der Waals surface area contributed by atoms with Gasteiger partial charge >= 0.3 is 5.63 Å². The van der Waals surface area contributed by atoms with E-state index in [-0.39, 0.29) is 5.63 Å². The van der Waals surface area contributed by atoms with E-state index in [9.17, 15) is 4.79 Å². The van der Waals surface area contributed by atoms with Crippen molar-refractivity contribution < 1.29 is 9.15 Å². The highest BCUT2D eigenvalue weighted by Gasteiger charge is 2.08. The van der Waals surface area contributed by atoms with Crippen LogP contribution in [0.4, 0.5) is 0 Å². The lowest BCUT2D eigenvalue weighted by Crippen LogP contribution is -1.98. The number of methoxy groups -OCH3 is 1. The predicted molar refractivity (Wildman–Crippen MR) is 79.5 cm³/mol. The molecular formula is C16H11ClO3. The molecule has 2 aromatic carbocycles. The summed E-state index contributed by atoms with van der Waals surface area (Å²) in [6.07, 6.45) is 0. The molecule has 0 aliphatic rings. The lowest BCUT2D eigenvalue weighted by atomic mass is 10.0. The van der Waals surface area contributed by atoms with Crippen LogP contribution in [0.1, 0.15) is 0 Å². The van der Waals surface area contributed by atoms with E-state index in [0.29, 0.717) is 10.6 Å². The quantitative estimate of drug-likeness (QED) is 0.665. The van der Waals surface area contributed by atoms with Crippen molar-refractivity contribution in [3.8, 4) is 16.9 Å². The zero-order chi connectivity index (χ0) is 14.1. The second kappa shape index (κ2) is 5.02. The van der Waals surface area contributed by atoms with E-state index in [1.807, 2.05) is 24.3 Å². The number of benzene rings is 2. The first-order chi connectivity index (χ1) is 9.67. The summed E-state index contributed by atoms with van der Waals surface area (Å²) in [5.74, 6) is 0.763. The molecule has 0 N–H and O–H groups in total. The monoisotopic (exact) mass is 286 g/mol. The van der Waals surface area contributed by atoms with Crippen LogP contribution in [-0.4, -0.2) is 7.11 Å². The van der Waals surface area contributed by atoms with Gasteiger partial charge in [-0.05, 0) is 41.5 Å². The molecule has 0 amide bonds. The van der Waals surface area contributed by atoms with Gasteiger partial charge in [-0.3, -0.25) is 0 Å². The molecule has 0 bridgehead atoms. The molecule has 0 saturated heterocycles. The van der Waals surface area contributed by atoms with Gasteiger partial charge in [-0.1, -0.05) is 23.7 Å². The Morgan fingerprint density at radius 2 is 1.80 bits per heavy atom. The Bertz CT molecular complexity index is 819. The molecule has 4 heteroatoms. The van der Waals surface area contributed by atoms with Gasteiger partial charge in [0.1, 0.15) is 11.3 Å². The van der Waals surface area contributed by atoms with Crippen LogP contribution in [0.2, 0.25) is 5.02 Å². The van der Waals surface area contributed by atoms with E-state index in [4.69, 9.17) is 20.8 Å². The average molecular weight is 287 g/mol. The third kappa shape index (κ3) is 2.28. The topological polar surface area (TPSA) is 39.4 Å². The van der Waals surface area contributed by atoms with Crippen LogP contribution < -0.4 is 10.4 Å². The van der Waals surface area contributed by atoms with E-state index in [0.717, 1.165) is 22.3 Å². The van der Waals surface area contributed by atoms with Crippen molar-refractivity contribution in [2.24, 2.45) is 0 Å². The molecule has 0 saturated carbocycles. The molecule has 1 aromatic heterocycles. The summed E-state index contributed by atoms with van der Waals surface area (Å²) in [5, 5.41) is 1.41. The highest BCUT2D eigenvalue weighted by molar-refractivity contribution is 6.31. The molecule has 0 aliphatic carbocycles. The van der Waals surface area contributed by atoms with Crippen LogP contribution in [0.15, 0.2) is 57.7 Å². The maximum Gasteiger partial charge on any atom is 0.336 e. The van der Waals surface area contributed by atoms with Crippen LogP contribution in [0.25, 0.3) is 22.1 Å². The molecule has 0 unspecified atom stereocenters. The molecule has 1 heterocycles. The van der Waals surface area contributed by atoms with Crippen molar-refractivity contribution in [1.82, 2.24) is 0 Å². The first-order valence-corrected chi connectivity index (χ1v) is 6.43.